The van der Waals surface area contributed by atoms with Crippen molar-refractivity contribution in [1.29, 1.82) is 0 Å². The zero-order chi connectivity index (χ0) is 42.9. The summed E-state index contributed by atoms with van der Waals surface area (Å²) in [6, 6.07) is 28.7. The Hall–Kier alpha value is -6.38. The number of amides is 2. The predicted octanol–water partition coefficient (Wildman–Crippen LogP) is 7.40. The van der Waals surface area contributed by atoms with E-state index >= 15 is 0 Å². The number of likely N-dealkylation sites (N-methyl/N-ethyl adjacent to an activating group) is 1. The second-order valence-electron chi connectivity index (χ2n) is 14.8. The first-order valence-corrected chi connectivity index (χ1v) is 21.5. The quantitative estimate of drug-likeness (QED) is 0.0485. The van der Waals surface area contributed by atoms with Gasteiger partial charge in [0.25, 0.3) is 5.91 Å². The zero-order valence-electron chi connectivity index (χ0n) is 34.8. The fourth-order valence-corrected chi connectivity index (χ4v) is 8.22. The summed E-state index contributed by atoms with van der Waals surface area (Å²) in [5, 5.41) is 19.3. The van der Waals surface area contributed by atoms with E-state index in [1.165, 1.54) is 25.5 Å². The number of hydrogen-bond donors (Lipinski definition) is 4. The van der Waals surface area contributed by atoms with Gasteiger partial charge in [-0.15, -0.1) is 0 Å². The molecule has 5 aromatic carbocycles. The maximum absolute atomic E-state index is 13.9. The molecule has 0 saturated carbocycles. The summed E-state index contributed by atoms with van der Waals surface area (Å²) < 4.78 is 24.1. The summed E-state index contributed by atoms with van der Waals surface area (Å²) in [6.45, 7) is 0.901. The zero-order valence-corrected chi connectivity index (χ0v) is 35.6. The highest BCUT2D eigenvalue weighted by Crippen LogP contribution is 2.38. The van der Waals surface area contributed by atoms with Gasteiger partial charge in [-0.2, -0.15) is 11.8 Å². The lowest BCUT2D eigenvalue weighted by molar-refractivity contribution is -0.115. The Labute approximate surface area is 360 Å². The van der Waals surface area contributed by atoms with Crippen LogP contribution in [0, 0.1) is 0 Å². The minimum atomic E-state index is -0.406. The lowest BCUT2D eigenvalue weighted by atomic mass is 10.1. The van der Waals surface area contributed by atoms with Crippen LogP contribution in [-0.4, -0.2) is 82.3 Å². The first kappa shape index (κ1) is 42.7. The smallest absolute Gasteiger partial charge is 0.260 e. The Balaban J connectivity index is 1.11. The Morgan fingerprint density at radius 3 is 2.13 bits per heavy atom. The van der Waals surface area contributed by atoms with Crippen molar-refractivity contribution in [3.05, 3.63) is 124 Å². The Bertz CT molecular complexity index is 2390. The molecule has 2 heterocycles. The molecule has 14 heteroatoms. The van der Waals surface area contributed by atoms with Gasteiger partial charge in [0.05, 0.1) is 31.5 Å². The van der Waals surface area contributed by atoms with Gasteiger partial charge in [-0.25, -0.2) is 0 Å². The van der Waals surface area contributed by atoms with Gasteiger partial charge in [-0.3, -0.25) is 14.4 Å². The number of carbonyl (C=O) groups is 3. The third-order valence-electron chi connectivity index (χ3n) is 11.0. The number of anilines is 5. The van der Waals surface area contributed by atoms with Crippen LogP contribution in [0.5, 0.6) is 23.0 Å². The van der Waals surface area contributed by atoms with Crippen molar-refractivity contribution in [1.82, 2.24) is 0 Å². The standard InChI is InChI=1S/C47H51N5O8S/c1-51-36(20-33-10-6-7-11-40(33)51)25-48-38-23-44(42(57-2)21-34(38)26-53)59-27-30-17-31(19-35(18-30)50-46(55)14-16-61-4)28-60-45-24-39(49-29-54)37(22-43(45)58-3)47(56)52-15-13-32-9-5-8-12-41(32)52/h5-12,17-19,21-24,26,36,48-49,54H,13-16,20,25,27-29H2,1-4H3,(H,50,55). The number of nitrogens with one attached hydrogen (secondary N) is 3. The highest BCUT2D eigenvalue weighted by atomic mass is 32.2. The molecular weight excluding hydrogens is 795 g/mol. The van der Waals surface area contributed by atoms with Crippen molar-refractivity contribution in [2.75, 3.05) is 78.8 Å². The number of aliphatic hydroxyl groups excluding tert-OH is 1. The molecule has 4 N–H and O–H groups in total. The number of aldehydes is 1. The molecule has 2 aliphatic heterocycles. The van der Waals surface area contributed by atoms with E-state index < -0.39 is 6.73 Å². The van der Waals surface area contributed by atoms with Crippen LogP contribution in [-0.2, 0) is 30.8 Å². The van der Waals surface area contributed by atoms with Crippen molar-refractivity contribution in [2.24, 2.45) is 0 Å². The van der Waals surface area contributed by atoms with Crippen LogP contribution in [0.15, 0.2) is 91.0 Å². The van der Waals surface area contributed by atoms with Gasteiger partial charge in [-0.1, -0.05) is 36.4 Å². The number of hydrogen-bond acceptors (Lipinski definition) is 12. The van der Waals surface area contributed by atoms with Gasteiger partial charge in [0, 0.05) is 72.8 Å². The van der Waals surface area contributed by atoms with Gasteiger partial charge in [0.15, 0.2) is 29.3 Å². The Morgan fingerprint density at radius 1 is 0.820 bits per heavy atom. The summed E-state index contributed by atoms with van der Waals surface area (Å²) in [7, 11) is 5.11. The van der Waals surface area contributed by atoms with E-state index in [2.05, 4.69) is 40.0 Å². The Morgan fingerprint density at radius 2 is 1.48 bits per heavy atom. The number of thioether (sulfide) groups is 1. The van der Waals surface area contributed by atoms with Gasteiger partial charge >= 0.3 is 0 Å². The molecule has 0 aliphatic carbocycles. The first-order valence-electron chi connectivity index (χ1n) is 20.1. The van der Waals surface area contributed by atoms with Crippen molar-refractivity contribution in [3.63, 3.8) is 0 Å². The van der Waals surface area contributed by atoms with Crippen LogP contribution in [0.3, 0.4) is 0 Å². The minimum absolute atomic E-state index is 0.0636. The minimum Gasteiger partial charge on any atom is -0.493 e. The molecule has 0 saturated heterocycles. The average Bonchev–Trinajstić information content (AvgIpc) is 3.86. The molecule has 5 aromatic rings. The number of methoxy groups -OCH3 is 2. The maximum atomic E-state index is 13.9. The van der Waals surface area contributed by atoms with Crippen LogP contribution < -0.4 is 44.7 Å². The van der Waals surface area contributed by atoms with E-state index in [1.54, 1.807) is 40.9 Å². The van der Waals surface area contributed by atoms with Crippen molar-refractivity contribution < 1.29 is 38.4 Å². The summed E-state index contributed by atoms with van der Waals surface area (Å²) in [5.41, 5.74) is 8.26. The number of fused-ring (bicyclic) bond motifs is 2. The van der Waals surface area contributed by atoms with Crippen LogP contribution in [0.4, 0.5) is 28.4 Å². The molecule has 2 aliphatic rings. The molecule has 1 atom stereocenters. The predicted molar refractivity (Wildman–Crippen MR) is 241 cm³/mol. The van der Waals surface area contributed by atoms with E-state index in [-0.39, 0.29) is 31.1 Å². The molecule has 2 amide bonds. The highest BCUT2D eigenvalue weighted by molar-refractivity contribution is 7.98. The third kappa shape index (κ3) is 9.82. The van der Waals surface area contributed by atoms with Gasteiger partial charge < -0.3 is 49.8 Å². The maximum Gasteiger partial charge on any atom is 0.260 e. The van der Waals surface area contributed by atoms with Crippen LogP contribution in [0.25, 0.3) is 0 Å². The van der Waals surface area contributed by atoms with E-state index in [9.17, 15) is 19.5 Å². The molecule has 0 bridgehead atoms. The van der Waals surface area contributed by atoms with Gasteiger partial charge in [0.1, 0.15) is 19.9 Å². The lowest BCUT2D eigenvalue weighted by Gasteiger charge is -2.24. The van der Waals surface area contributed by atoms with Crippen molar-refractivity contribution in [3.8, 4) is 23.0 Å². The molecule has 7 rings (SSSR count). The number of carbonyl (C=O) groups excluding carboxylic acids is 3. The number of rotatable bonds is 19. The largest absolute Gasteiger partial charge is 0.493 e. The molecular formula is C47H51N5O8S. The molecule has 0 radical (unpaired) electrons. The monoisotopic (exact) mass is 845 g/mol. The van der Waals surface area contributed by atoms with Gasteiger partial charge in [-0.05, 0) is 83.8 Å². The van der Waals surface area contributed by atoms with Crippen molar-refractivity contribution in [2.45, 2.75) is 38.5 Å². The molecule has 61 heavy (non-hydrogen) atoms. The number of benzene rings is 5. The summed E-state index contributed by atoms with van der Waals surface area (Å²) >= 11 is 1.59. The van der Waals surface area contributed by atoms with E-state index in [0.29, 0.717) is 76.5 Å². The lowest BCUT2D eigenvalue weighted by Crippen LogP contribution is -2.34. The molecule has 0 aromatic heterocycles. The summed E-state index contributed by atoms with van der Waals surface area (Å²) in [4.78, 5) is 43.0. The normalized spacial score (nSPS) is 13.9. The topological polar surface area (TPSA) is 151 Å². The summed E-state index contributed by atoms with van der Waals surface area (Å²) in [6.07, 6.45) is 4.73. The van der Waals surface area contributed by atoms with E-state index in [4.69, 9.17) is 18.9 Å². The van der Waals surface area contributed by atoms with E-state index in [1.807, 2.05) is 60.9 Å². The SMILES string of the molecule is COc1cc(C=O)c(NCC2Cc3ccccc3N2C)cc1OCc1cc(COc2cc(NCO)c(C(=O)N3CCc4ccccc43)cc2OC)cc(NC(=O)CCSC)c1. The molecule has 0 spiro atoms. The number of para-hydroxylation sites is 2. The molecule has 0 fully saturated rings. The van der Waals surface area contributed by atoms with Crippen LogP contribution in [0.1, 0.15) is 49.4 Å². The average molecular weight is 846 g/mol. The number of aliphatic hydroxyl groups is 1. The van der Waals surface area contributed by atoms with Gasteiger partial charge in [0.2, 0.25) is 5.91 Å². The first-order chi connectivity index (χ1) is 29.7. The fourth-order valence-electron chi connectivity index (χ4n) is 7.83. The molecule has 318 valence electrons. The number of nitrogens with zero attached hydrogens (tertiary/aromatic N) is 2. The third-order valence-corrected chi connectivity index (χ3v) is 11.6. The summed E-state index contributed by atoms with van der Waals surface area (Å²) in [5.74, 6) is 1.84. The van der Waals surface area contributed by atoms with Crippen LogP contribution in [0.2, 0.25) is 0 Å². The highest BCUT2D eigenvalue weighted by Gasteiger charge is 2.29. The number of ether oxygens (including phenoxy) is 4. The fraction of sp³-hybridized carbons (Fsp3) is 0.298. The molecule has 1 unspecified atom stereocenters. The second-order valence-corrected chi connectivity index (χ2v) is 15.8. The van der Waals surface area contributed by atoms with E-state index in [0.717, 1.165) is 41.5 Å². The second kappa shape index (κ2) is 19.8. The molecule has 13 nitrogen and oxygen atoms in total. The van der Waals surface area contributed by atoms with Crippen LogP contribution >= 0.6 is 11.8 Å². The van der Waals surface area contributed by atoms with Crippen molar-refractivity contribution >= 4 is 58.3 Å². The Kier molecular flexibility index (Phi) is 13.9.